The van der Waals surface area contributed by atoms with E-state index in [1.807, 2.05) is 0 Å². The average molecular weight is 641 g/mol. The Kier molecular flexibility index (Phi) is 9.82. The third kappa shape index (κ3) is 6.72. The molecule has 0 aliphatic carbocycles. The summed E-state index contributed by atoms with van der Waals surface area (Å²) in [6.07, 6.45) is 0.850. The van der Waals surface area contributed by atoms with Crippen molar-refractivity contribution in [2.75, 3.05) is 19.6 Å². The maximum absolute atomic E-state index is 13.8. The fraction of sp³-hybridized carbons (Fsp3) is 0.548. The number of urea groups is 1. The molecule has 15 nitrogen and oxygen atoms in total. The summed E-state index contributed by atoms with van der Waals surface area (Å²) < 4.78 is 5.63. The molecule has 6 amide bonds. The van der Waals surface area contributed by atoms with Gasteiger partial charge in [0.25, 0.3) is 11.8 Å². The number of benzene rings is 1. The molecule has 3 heterocycles. The number of hydrogen-bond donors (Lipinski definition) is 3. The molecule has 0 radical (unpaired) electrons. The molecule has 0 unspecified atom stereocenters. The van der Waals surface area contributed by atoms with Crippen LogP contribution in [0.3, 0.4) is 0 Å². The van der Waals surface area contributed by atoms with Gasteiger partial charge in [0.2, 0.25) is 23.5 Å². The second kappa shape index (κ2) is 13.3. The molecule has 2 aromatic rings. The topological polar surface area (TPSA) is 200 Å². The van der Waals surface area contributed by atoms with Gasteiger partial charge in [0, 0.05) is 6.54 Å². The third-order valence-corrected chi connectivity index (χ3v) is 8.34. The van der Waals surface area contributed by atoms with E-state index in [0.29, 0.717) is 28.8 Å². The highest BCUT2D eigenvalue weighted by atomic mass is 16.4. The highest BCUT2D eigenvalue weighted by Crippen LogP contribution is 2.27. The molecular formula is C31H40N6O9. The van der Waals surface area contributed by atoms with Gasteiger partial charge in [-0.25, -0.2) is 9.78 Å². The molecule has 2 aliphatic rings. The molecule has 2 saturated heterocycles. The first-order chi connectivity index (χ1) is 21.5. The molecule has 2 fully saturated rings. The molecule has 0 bridgehead atoms. The number of amides is 6. The van der Waals surface area contributed by atoms with Crippen molar-refractivity contribution in [1.82, 2.24) is 30.3 Å². The van der Waals surface area contributed by atoms with Crippen LogP contribution in [-0.4, -0.2) is 110 Å². The Morgan fingerprint density at radius 2 is 1.65 bits per heavy atom. The number of carboxylic acids is 1. The number of imide groups is 1. The molecule has 15 heteroatoms. The minimum absolute atomic E-state index is 0.133. The number of para-hydroxylation sites is 2. The van der Waals surface area contributed by atoms with Crippen LogP contribution in [0.1, 0.15) is 65.1 Å². The van der Waals surface area contributed by atoms with Crippen LogP contribution in [-0.2, 0) is 24.0 Å². The average Bonchev–Trinajstić information content (AvgIpc) is 3.69. The molecule has 4 rings (SSSR count). The van der Waals surface area contributed by atoms with E-state index in [4.69, 9.17) is 9.52 Å². The number of likely N-dealkylation sites (tertiary alicyclic amines) is 1. The standard InChI is InChI=1S/C31H40N6O9/c1-16(2)23(25(41)27-32-18-10-7-8-12-20(18)46-27)34-26(42)19-11-9-13-35(19)28(43)24(17(3)4)33-21(38)14-36-29(44)31(5,6)37(30(36)45)15-22(39)40/h7-8,10,12,16-17,19,23-24H,9,11,13-15H2,1-6H3,(H,33,38)(H,34,42)(H,39,40)/t19-,23-,24-/m0/s1. The number of rotatable bonds is 12. The predicted octanol–water partition coefficient (Wildman–Crippen LogP) is 1.41. The van der Waals surface area contributed by atoms with Crippen LogP contribution in [0.4, 0.5) is 4.79 Å². The van der Waals surface area contributed by atoms with Gasteiger partial charge in [-0.1, -0.05) is 39.8 Å². The van der Waals surface area contributed by atoms with Crippen molar-refractivity contribution in [2.24, 2.45) is 11.8 Å². The molecule has 3 atom stereocenters. The number of carbonyl (C=O) groups is 7. The SMILES string of the molecule is CC(C)[C@H](NC(=O)[C@@H]1CCCN1C(=O)[C@@H](NC(=O)CN1C(=O)N(CC(=O)O)C(C)(C)C1=O)C(C)C)C(=O)c1nc2ccccc2o1. The van der Waals surface area contributed by atoms with Crippen molar-refractivity contribution in [3.05, 3.63) is 30.2 Å². The first-order valence-corrected chi connectivity index (χ1v) is 15.2. The van der Waals surface area contributed by atoms with Gasteiger partial charge in [0.15, 0.2) is 5.58 Å². The van der Waals surface area contributed by atoms with Gasteiger partial charge in [-0.3, -0.25) is 38.6 Å². The molecule has 0 saturated carbocycles. The van der Waals surface area contributed by atoms with Crippen molar-refractivity contribution in [3.8, 4) is 0 Å². The largest absolute Gasteiger partial charge is 0.480 e. The first-order valence-electron chi connectivity index (χ1n) is 15.2. The lowest BCUT2D eigenvalue weighted by molar-refractivity contribution is -0.143. The number of aromatic nitrogens is 1. The summed E-state index contributed by atoms with van der Waals surface area (Å²) in [5, 5.41) is 14.5. The third-order valence-electron chi connectivity index (χ3n) is 8.34. The molecule has 248 valence electrons. The maximum atomic E-state index is 13.8. The van der Waals surface area contributed by atoms with E-state index in [1.54, 1.807) is 52.0 Å². The van der Waals surface area contributed by atoms with Gasteiger partial charge in [0.05, 0.1) is 6.04 Å². The lowest BCUT2D eigenvalue weighted by Gasteiger charge is -2.31. The number of hydrogen-bond acceptors (Lipinski definition) is 9. The molecule has 2 aliphatic heterocycles. The summed E-state index contributed by atoms with van der Waals surface area (Å²) in [4.78, 5) is 97.9. The van der Waals surface area contributed by atoms with E-state index in [0.717, 1.165) is 4.90 Å². The Morgan fingerprint density at radius 3 is 2.26 bits per heavy atom. The number of carbonyl (C=O) groups excluding carboxylic acids is 6. The van der Waals surface area contributed by atoms with Crippen LogP contribution in [0.2, 0.25) is 0 Å². The summed E-state index contributed by atoms with van der Waals surface area (Å²) in [5.74, 6) is -5.32. The quantitative estimate of drug-likeness (QED) is 0.225. The van der Waals surface area contributed by atoms with Crippen LogP contribution in [0, 0.1) is 11.8 Å². The monoisotopic (exact) mass is 640 g/mol. The number of carboxylic acid groups (broad SMARTS) is 1. The zero-order valence-electron chi connectivity index (χ0n) is 26.7. The lowest BCUT2D eigenvalue weighted by atomic mass is 9.98. The Bertz CT molecular complexity index is 1530. The Balaban J connectivity index is 1.44. The highest BCUT2D eigenvalue weighted by Gasteiger charge is 2.52. The second-order valence-electron chi connectivity index (χ2n) is 12.8. The summed E-state index contributed by atoms with van der Waals surface area (Å²) in [6.45, 7) is 8.51. The first kappa shape index (κ1) is 34.1. The Hall–Kier alpha value is -4.82. The van der Waals surface area contributed by atoms with Crippen LogP contribution < -0.4 is 10.6 Å². The number of aliphatic carboxylic acids is 1. The van der Waals surface area contributed by atoms with Gasteiger partial charge in [-0.2, -0.15) is 0 Å². The Labute approximate surface area is 265 Å². The normalized spacial score (nSPS) is 19.2. The van der Waals surface area contributed by atoms with E-state index in [2.05, 4.69) is 15.6 Å². The second-order valence-corrected chi connectivity index (χ2v) is 12.8. The number of Topliss-reactive ketones (excluding diaryl/α,β-unsaturated/α-hetero) is 1. The number of oxazole rings is 1. The molecule has 1 aromatic carbocycles. The van der Waals surface area contributed by atoms with E-state index >= 15 is 0 Å². The van der Waals surface area contributed by atoms with Crippen molar-refractivity contribution in [1.29, 1.82) is 0 Å². The van der Waals surface area contributed by atoms with Crippen LogP contribution in [0.5, 0.6) is 0 Å². The fourth-order valence-corrected chi connectivity index (χ4v) is 5.71. The van der Waals surface area contributed by atoms with Gasteiger partial charge in [0.1, 0.15) is 36.2 Å². The van der Waals surface area contributed by atoms with Crippen molar-refractivity contribution >= 4 is 52.5 Å². The van der Waals surface area contributed by atoms with Gasteiger partial charge in [-0.15, -0.1) is 0 Å². The summed E-state index contributed by atoms with van der Waals surface area (Å²) in [5.41, 5.74) is -0.531. The zero-order chi connectivity index (χ0) is 34.1. The smallest absolute Gasteiger partial charge is 0.328 e. The molecular weight excluding hydrogens is 600 g/mol. The van der Waals surface area contributed by atoms with Crippen molar-refractivity contribution in [2.45, 2.75) is 78.0 Å². The maximum Gasteiger partial charge on any atom is 0.328 e. The van der Waals surface area contributed by atoms with Gasteiger partial charge < -0.3 is 25.1 Å². The predicted molar refractivity (Wildman–Crippen MR) is 162 cm³/mol. The number of fused-ring (bicyclic) bond motifs is 1. The van der Waals surface area contributed by atoms with Crippen LogP contribution in [0.15, 0.2) is 28.7 Å². The van der Waals surface area contributed by atoms with Gasteiger partial charge >= 0.3 is 12.0 Å². The fourth-order valence-electron chi connectivity index (χ4n) is 5.71. The van der Waals surface area contributed by atoms with Crippen molar-refractivity contribution < 1.29 is 43.1 Å². The minimum Gasteiger partial charge on any atom is -0.480 e. The number of nitrogens with one attached hydrogen (secondary N) is 2. The van der Waals surface area contributed by atoms with Gasteiger partial charge in [-0.05, 0) is 50.7 Å². The number of nitrogens with zero attached hydrogens (tertiary/aromatic N) is 4. The molecule has 1 aromatic heterocycles. The minimum atomic E-state index is -1.48. The Morgan fingerprint density at radius 1 is 1.00 bits per heavy atom. The van der Waals surface area contributed by atoms with E-state index < -0.39 is 84.1 Å². The van der Waals surface area contributed by atoms with E-state index in [-0.39, 0.29) is 18.4 Å². The molecule has 0 spiro atoms. The summed E-state index contributed by atoms with van der Waals surface area (Å²) >= 11 is 0. The molecule has 3 N–H and O–H groups in total. The summed E-state index contributed by atoms with van der Waals surface area (Å²) in [7, 11) is 0. The lowest BCUT2D eigenvalue weighted by Crippen LogP contribution is -2.58. The highest BCUT2D eigenvalue weighted by molar-refractivity contribution is 6.09. The van der Waals surface area contributed by atoms with Crippen molar-refractivity contribution in [3.63, 3.8) is 0 Å². The van der Waals surface area contributed by atoms with E-state index in [9.17, 15) is 33.6 Å². The van der Waals surface area contributed by atoms with Crippen LogP contribution in [0.25, 0.3) is 11.1 Å². The van der Waals surface area contributed by atoms with E-state index in [1.165, 1.54) is 18.7 Å². The van der Waals surface area contributed by atoms with Crippen LogP contribution >= 0.6 is 0 Å². The zero-order valence-corrected chi connectivity index (χ0v) is 26.7. The summed E-state index contributed by atoms with van der Waals surface area (Å²) in [6, 6.07) is 3.01. The molecule has 46 heavy (non-hydrogen) atoms. The number of ketones is 1.